The maximum absolute atomic E-state index is 11.5. The van der Waals surface area contributed by atoms with Gasteiger partial charge in [-0.1, -0.05) is 37.5 Å². The van der Waals surface area contributed by atoms with Gasteiger partial charge in [0.2, 0.25) is 5.76 Å². The number of benzene rings is 1. The molecule has 0 radical (unpaired) electrons. The Hall–Kier alpha value is -2.03. The summed E-state index contributed by atoms with van der Waals surface area (Å²) < 4.78 is 10.3. The Morgan fingerprint density at radius 1 is 1.17 bits per heavy atom. The fourth-order valence-corrected chi connectivity index (χ4v) is 3.44. The number of carbonyl (C=O) groups excluding carboxylic acids is 1. The molecular weight excluding hydrogens is 288 g/mol. The number of carbonyl (C=O) groups is 1. The average molecular weight is 312 g/mol. The molecule has 0 saturated heterocycles. The molecule has 122 valence electrons. The number of aryl methyl sites for hydroxylation is 1. The van der Waals surface area contributed by atoms with Crippen LogP contribution in [0, 0.1) is 6.92 Å². The average Bonchev–Trinajstić information content (AvgIpc) is 3.05. The SMILES string of the molecule is COC(=O)c1ccc(Cc2cc(C3CCCCC3)ccc2C)o1. The quantitative estimate of drug-likeness (QED) is 0.745. The highest BCUT2D eigenvalue weighted by atomic mass is 16.5. The van der Waals surface area contributed by atoms with E-state index in [1.165, 1.54) is 55.9 Å². The van der Waals surface area contributed by atoms with E-state index in [9.17, 15) is 4.79 Å². The van der Waals surface area contributed by atoms with Gasteiger partial charge in [0.15, 0.2) is 0 Å². The van der Waals surface area contributed by atoms with Crippen molar-refractivity contribution in [2.75, 3.05) is 7.11 Å². The highest BCUT2D eigenvalue weighted by Crippen LogP contribution is 2.33. The van der Waals surface area contributed by atoms with Gasteiger partial charge in [0.1, 0.15) is 5.76 Å². The summed E-state index contributed by atoms with van der Waals surface area (Å²) in [6.07, 6.45) is 7.37. The van der Waals surface area contributed by atoms with Crippen LogP contribution in [0.3, 0.4) is 0 Å². The topological polar surface area (TPSA) is 39.4 Å². The largest absolute Gasteiger partial charge is 0.463 e. The van der Waals surface area contributed by atoms with E-state index in [4.69, 9.17) is 4.42 Å². The maximum Gasteiger partial charge on any atom is 0.373 e. The maximum atomic E-state index is 11.5. The molecule has 0 spiro atoms. The second kappa shape index (κ2) is 7.03. The minimum absolute atomic E-state index is 0.267. The van der Waals surface area contributed by atoms with Gasteiger partial charge in [-0.3, -0.25) is 0 Å². The number of furan rings is 1. The number of hydrogen-bond acceptors (Lipinski definition) is 3. The van der Waals surface area contributed by atoms with E-state index in [1.54, 1.807) is 6.07 Å². The van der Waals surface area contributed by atoms with Crippen LogP contribution in [0.4, 0.5) is 0 Å². The van der Waals surface area contributed by atoms with Crippen LogP contribution in [-0.2, 0) is 11.2 Å². The number of ether oxygens (including phenoxy) is 1. The van der Waals surface area contributed by atoms with Crippen molar-refractivity contribution in [3.8, 4) is 0 Å². The lowest BCUT2D eigenvalue weighted by Crippen LogP contribution is -2.05. The molecular formula is C20H24O3. The summed E-state index contributed by atoms with van der Waals surface area (Å²) in [5.41, 5.74) is 3.99. The smallest absolute Gasteiger partial charge is 0.373 e. The molecule has 0 N–H and O–H groups in total. The highest BCUT2D eigenvalue weighted by molar-refractivity contribution is 5.86. The van der Waals surface area contributed by atoms with Crippen molar-refractivity contribution in [1.29, 1.82) is 0 Å². The molecule has 2 aromatic rings. The molecule has 23 heavy (non-hydrogen) atoms. The zero-order chi connectivity index (χ0) is 16.2. The van der Waals surface area contributed by atoms with Gasteiger partial charge in [-0.05, 0) is 54.5 Å². The first-order chi connectivity index (χ1) is 11.2. The van der Waals surface area contributed by atoms with Crippen molar-refractivity contribution in [1.82, 2.24) is 0 Å². The van der Waals surface area contributed by atoms with Gasteiger partial charge < -0.3 is 9.15 Å². The van der Waals surface area contributed by atoms with E-state index in [0.29, 0.717) is 12.3 Å². The zero-order valence-corrected chi connectivity index (χ0v) is 13.9. The Balaban J connectivity index is 1.79. The van der Waals surface area contributed by atoms with Gasteiger partial charge in [0.25, 0.3) is 0 Å². The first kappa shape index (κ1) is 15.9. The van der Waals surface area contributed by atoms with Crippen LogP contribution in [-0.4, -0.2) is 13.1 Å². The number of rotatable bonds is 4. The predicted molar refractivity (Wildman–Crippen MR) is 89.9 cm³/mol. The summed E-state index contributed by atoms with van der Waals surface area (Å²) in [6, 6.07) is 10.4. The summed E-state index contributed by atoms with van der Waals surface area (Å²) in [6.45, 7) is 2.13. The van der Waals surface area contributed by atoms with E-state index < -0.39 is 5.97 Å². The Morgan fingerprint density at radius 2 is 1.96 bits per heavy atom. The molecule has 3 heteroatoms. The van der Waals surface area contributed by atoms with Gasteiger partial charge in [-0.25, -0.2) is 4.79 Å². The summed E-state index contributed by atoms with van der Waals surface area (Å²) in [7, 11) is 1.36. The zero-order valence-electron chi connectivity index (χ0n) is 13.9. The highest BCUT2D eigenvalue weighted by Gasteiger charge is 2.17. The van der Waals surface area contributed by atoms with E-state index in [1.807, 2.05) is 6.07 Å². The van der Waals surface area contributed by atoms with Crippen LogP contribution in [0.1, 0.15) is 71.0 Å². The van der Waals surface area contributed by atoms with Crippen LogP contribution < -0.4 is 0 Å². The number of methoxy groups -OCH3 is 1. The van der Waals surface area contributed by atoms with Crippen molar-refractivity contribution in [3.05, 3.63) is 58.5 Å². The molecule has 1 heterocycles. The third-order valence-electron chi connectivity index (χ3n) is 4.86. The molecule has 0 bridgehead atoms. The Labute approximate surface area is 137 Å². The molecule has 1 aliphatic rings. The molecule has 1 fully saturated rings. The monoisotopic (exact) mass is 312 g/mol. The fourth-order valence-electron chi connectivity index (χ4n) is 3.44. The molecule has 1 aromatic carbocycles. The van der Waals surface area contributed by atoms with Crippen molar-refractivity contribution < 1.29 is 13.9 Å². The molecule has 0 aliphatic heterocycles. The van der Waals surface area contributed by atoms with Crippen LogP contribution in [0.15, 0.2) is 34.7 Å². The van der Waals surface area contributed by atoms with Gasteiger partial charge in [0.05, 0.1) is 7.11 Å². The van der Waals surface area contributed by atoms with Crippen LogP contribution >= 0.6 is 0 Å². The lowest BCUT2D eigenvalue weighted by atomic mass is 9.83. The van der Waals surface area contributed by atoms with Crippen molar-refractivity contribution >= 4 is 5.97 Å². The van der Waals surface area contributed by atoms with Gasteiger partial charge in [-0.2, -0.15) is 0 Å². The molecule has 1 aliphatic carbocycles. The summed E-state index contributed by atoms with van der Waals surface area (Å²) in [4.78, 5) is 11.5. The summed E-state index contributed by atoms with van der Waals surface area (Å²) >= 11 is 0. The van der Waals surface area contributed by atoms with Crippen molar-refractivity contribution in [3.63, 3.8) is 0 Å². The Bertz CT molecular complexity index is 678. The lowest BCUT2D eigenvalue weighted by Gasteiger charge is -2.23. The predicted octanol–water partition coefficient (Wildman–Crippen LogP) is 5.01. The number of hydrogen-bond donors (Lipinski definition) is 0. The normalized spacial score (nSPS) is 15.6. The van der Waals surface area contributed by atoms with E-state index in [-0.39, 0.29) is 5.76 Å². The molecule has 0 amide bonds. The minimum atomic E-state index is -0.427. The first-order valence-corrected chi connectivity index (χ1v) is 8.44. The molecule has 3 rings (SSSR count). The Morgan fingerprint density at radius 3 is 2.70 bits per heavy atom. The van der Waals surface area contributed by atoms with Crippen LogP contribution in [0.25, 0.3) is 0 Å². The molecule has 1 saturated carbocycles. The third-order valence-corrected chi connectivity index (χ3v) is 4.86. The Kier molecular flexibility index (Phi) is 4.85. The van der Waals surface area contributed by atoms with E-state index in [0.717, 1.165) is 5.76 Å². The molecule has 0 atom stereocenters. The van der Waals surface area contributed by atoms with Gasteiger partial charge in [-0.15, -0.1) is 0 Å². The molecule has 3 nitrogen and oxygen atoms in total. The summed E-state index contributed by atoms with van der Waals surface area (Å²) in [5.74, 6) is 1.34. The van der Waals surface area contributed by atoms with Crippen molar-refractivity contribution in [2.45, 2.75) is 51.4 Å². The second-order valence-corrected chi connectivity index (χ2v) is 6.46. The van der Waals surface area contributed by atoms with E-state index in [2.05, 4.69) is 29.9 Å². The standard InChI is InChI=1S/C20H24O3/c1-14-8-9-16(15-6-4-3-5-7-15)12-17(14)13-18-10-11-19(23-18)20(21)22-2/h8-12,15H,3-7,13H2,1-2H3. The molecule has 1 aromatic heterocycles. The summed E-state index contributed by atoms with van der Waals surface area (Å²) in [5, 5.41) is 0. The number of esters is 1. The van der Waals surface area contributed by atoms with Crippen LogP contribution in [0.2, 0.25) is 0 Å². The second-order valence-electron chi connectivity index (χ2n) is 6.46. The third kappa shape index (κ3) is 3.66. The van der Waals surface area contributed by atoms with Gasteiger partial charge >= 0.3 is 5.97 Å². The molecule has 0 unspecified atom stereocenters. The van der Waals surface area contributed by atoms with Gasteiger partial charge in [0, 0.05) is 6.42 Å². The fraction of sp³-hybridized carbons (Fsp3) is 0.450. The van der Waals surface area contributed by atoms with Crippen molar-refractivity contribution in [2.24, 2.45) is 0 Å². The van der Waals surface area contributed by atoms with E-state index >= 15 is 0 Å². The first-order valence-electron chi connectivity index (χ1n) is 8.44. The minimum Gasteiger partial charge on any atom is -0.463 e. The van der Waals surface area contributed by atoms with Crippen LogP contribution in [0.5, 0.6) is 0 Å². The lowest BCUT2D eigenvalue weighted by molar-refractivity contribution is 0.0563.